The second-order valence-electron chi connectivity index (χ2n) is 9.81. The van der Waals surface area contributed by atoms with Gasteiger partial charge in [-0.1, -0.05) is 66.7 Å². The number of rotatable bonds is 6. The molecular formula is C30H27N3O5. The molecule has 192 valence electrons. The molecule has 0 aromatic heterocycles. The Balaban J connectivity index is 1.49. The second kappa shape index (κ2) is 9.22. The summed E-state index contributed by atoms with van der Waals surface area (Å²) in [5, 5.41) is 3.48. The van der Waals surface area contributed by atoms with Crippen LogP contribution in [0.15, 0.2) is 84.9 Å². The van der Waals surface area contributed by atoms with Gasteiger partial charge in [0.05, 0.1) is 24.1 Å². The summed E-state index contributed by atoms with van der Waals surface area (Å²) >= 11 is 0. The molecule has 2 fully saturated rings. The number of hydrogen-bond acceptors (Lipinski definition) is 6. The van der Waals surface area contributed by atoms with Crippen LogP contribution >= 0.6 is 0 Å². The van der Waals surface area contributed by atoms with Crippen molar-refractivity contribution in [2.45, 2.75) is 24.9 Å². The number of nitrogens with one attached hydrogen (secondary N) is 1. The molecule has 0 unspecified atom stereocenters. The van der Waals surface area contributed by atoms with Gasteiger partial charge in [0.25, 0.3) is 5.91 Å². The number of anilines is 2. The summed E-state index contributed by atoms with van der Waals surface area (Å²) in [5.74, 6) is -3.44. The van der Waals surface area contributed by atoms with Crippen molar-refractivity contribution in [3.05, 3.63) is 96.1 Å². The maximum atomic E-state index is 14.3. The van der Waals surface area contributed by atoms with Crippen molar-refractivity contribution in [1.29, 1.82) is 0 Å². The third-order valence-corrected chi connectivity index (χ3v) is 7.77. The van der Waals surface area contributed by atoms with Crippen LogP contribution in [-0.2, 0) is 35.9 Å². The Morgan fingerprint density at radius 2 is 1.55 bits per heavy atom. The molecule has 4 atom stereocenters. The van der Waals surface area contributed by atoms with Gasteiger partial charge in [-0.15, -0.1) is 0 Å². The number of amides is 3. The fraction of sp³-hybridized carbons (Fsp3) is 0.267. The second-order valence-corrected chi connectivity index (χ2v) is 9.81. The van der Waals surface area contributed by atoms with Crippen LogP contribution in [0.2, 0.25) is 0 Å². The molecule has 0 radical (unpaired) electrons. The molecule has 8 heteroatoms. The molecule has 38 heavy (non-hydrogen) atoms. The molecule has 0 aliphatic carbocycles. The van der Waals surface area contributed by atoms with Crippen LogP contribution in [0.5, 0.6) is 0 Å². The highest BCUT2D eigenvalue weighted by molar-refractivity contribution is 6.26. The van der Waals surface area contributed by atoms with Crippen molar-refractivity contribution in [2.24, 2.45) is 11.8 Å². The van der Waals surface area contributed by atoms with Gasteiger partial charge in [-0.05, 0) is 37.1 Å². The molecule has 6 rings (SSSR count). The Morgan fingerprint density at radius 3 is 2.26 bits per heavy atom. The molecule has 3 amide bonds. The highest BCUT2D eigenvalue weighted by atomic mass is 16.5. The lowest BCUT2D eigenvalue weighted by Gasteiger charge is -2.30. The van der Waals surface area contributed by atoms with Crippen LogP contribution in [0.1, 0.15) is 18.1 Å². The van der Waals surface area contributed by atoms with Crippen molar-refractivity contribution >= 4 is 35.1 Å². The smallest absolute Gasteiger partial charge is 0.326 e. The van der Waals surface area contributed by atoms with E-state index >= 15 is 0 Å². The quantitative estimate of drug-likeness (QED) is 0.406. The first-order valence-corrected chi connectivity index (χ1v) is 12.8. The van der Waals surface area contributed by atoms with Gasteiger partial charge < -0.3 is 4.74 Å². The van der Waals surface area contributed by atoms with E-state index in [0.717, 1.165) is 5.56 Å². The summed E-state index contributed by atoms with van der Waals surface area (Å²) in [6, 6.07) is 25.2. The Kier molecular flexibility index (Phi) is 5.84. The van der Waals surface area contributed by atoms with E-state index < -0.39 is 41.2 Å². The van der Waals surface area contributed by atoms with Gasteiger partial charge in [-0.2, -0.15) is 0 Å². The van der Waals surface area contributed by atoms with Gasteiger partial charge in [0.2, 0.25) is 11.8 Å². The summed E-state index contributed by atoms with van der Waals surface area (Å²) in [6.45, 7) is 1.62. The molecule has 3 aliphatic rings. The maximum absolute atomic E-state index is 14.3. The summed E-state index contributed by atoms with van der Waals surface area (Å²) in [7, 11) is 0. The minimum atomic E-state index is -1.48. The van der Waals surface area contributed by atoms with E-state index in [1.807, 2.05) is 36.4 Å². The lowest BCUT2D eigenvalue weighted by atomic mass is 9.76. The molecule has 8 nitrogen and oxygen atoms in total. The van der Waals surface area contributed by atoms with E-state index in [1.165, 1.54) is 9.80 Å². The fourth-order valence-corrected chi connectivity index (χ4v) is 6.31. The van der Waals surface area contributed by atoms with Gasteiger partial charge in [0, 0.05) is 17.3 Å². The molecule has 0 bridgehead atoms. The zero-order chi connectivity index (χ0) is 26.4. The standard InChI is InChI=1S/C30H27N3O5/c1-2-38-24(34)18-32-23-16-10-9-15-21(23)30(29(32)37)26-25(22(31-30)17-19-11-5-3-6-12-19)27(35)33(28(26)36)20-13-7-4-8-14-20/h3-16,22,25-26,31H,2,17-18H2,1H3/t22-,25+,26+,30-/m0/s1. The van der Waals surface area contributed by atoms with Crippen molar-refractivity contribution < 1.29 is 23.9 Å². The first kappa shape index (κ1) is 24.1. The number of hydrogen-bond donors (Lipinski definition) is 1. The molecule has 3 aromatic rings. The van der Waals surface area contributed by atoms with Crippen LogP contribution < -0.4 is 15.1 Å². The SMILES string of the molecule is CCOC(=O)CN1C(=O)[C@]2(N[C@@H](Cc3ccccc3)[C@H]3C(=O)N(c4ccccc4)C(=O)[C@@H]32)c2ccccc21. The number of esters is 1. The molecule has 3 heterocycles. The Bertz CT molecular complexity index is 1430. The minimum absolute atomic E-state index is 0.189. The van der Waals surface area contributed by atoms with Gasteiger partial charge in [-0.25, -0.2) is 4.90 Å². The molecule has 0 saturated carbocycles. The number of para-hydroxylation sites is 2. The zero-order valence-electron chi connectivity index (χ0n) is 20.9. The van der Waals surface area contributed by atoms with Crippen LogP contribution in [0.3, 0.4) is 0 Å². The van der Waals surface area contributed by atoms with E-state index in [9.17, 15) is 19.2 Å². The summed E-state index contributed by atoms with van der Waals surface area (Å²) in [4.78, 5) is 57.5. The van der Waals surface area contributed by atoms with Gasteiger partial charge in [-0.3, -0.25) is 29.4 Å². The Hall–Kier alpha value is -4.30. The topological polar surface area (TPSA) is 96.0 Å². The summed E-state index contributed by atoms with van der Waals surface area (Å²) < 4.78 is 5.14. The Labute approximate surface area is 220 Å². The molecule has 1 N–H and O–H groups in total. The first-order valence-electron chi connectivity index (χ1n) is 12.8. The highest BCUT2D eigenvalue weighted by Crippen LogP contribution is 2.55. The fourth-order valence-electron chi connectivity index (χ4n) is 6.31. The number of nitrogens with zero attached hydrogens (tertiary/aromatic N) is 2. The number of carbonyl (C=O) groups excluding carboxylic acids is 4. The molecule has 2 saturated heterocycles. The predicted molar refractivity (Wildman–Crippen MR) is 140 cm³/mol. The van der Waals surface area contributed by atoms with Gasteiger partial charge >= 0.3 is 5.97 Å². The normalized spacial score (nSPS) is 25.7. The van der Waals surface area contributed by atoms with Crippen LogP contribution in [0.4, 0.5) is 11.4 Å². The van der Waals surface area contributed by atoms with Crippen LogP contribution in [0.25, 0.3) is 0 Å². The Morgan fingerprint density at radius 1 is 0.895 bits per heavy atom. The van der Waals surface area contributed by atoms with Crippen molar-refractivity contribution in [3.63, 3.8) is 0 Å². The van der Waals surface area contributed by atoms with Gasteiger partial charge in [0.15, 0.2) is 0 Å². The molecule has 3 aliphatic heterocycles. The van der Waals surface area contributed by atoms with Crippen molar-refractivity contribution in [3.8, 4) is 0 Å². The monoisotopic (exact) mass is 509 g/mol. The van der Waals surface area contributed by atoms with Crippen molar-refractivity contribution in [1.82, 2.24) is 5.32 Å². The molecular weight excluding hydrogens is 482 g/mol. The third kappa shape index (κ3) is 3.48. The van der Waals surface area contributed by atoms with E-state index in [-0.39, 0.29) is 19.1 Å². The van der Waals surface area contributed by atoms with Crippen molar-refractivity contribution in [2.75, 3.05) is 23.0 Å². The number of benzene rings is 3. The van der Waals surface area contributed by atoms with Crippen LogP contribution in [-0.4, -0.2) is 42.9 Å². The summed E-state index contributed by atoms with van der Waals surface area (Å²) in [5.41, 5.74) is 1.11. The predicted octanol–water partition coefficient (Wildman–Crippen LogP) is 2.81. The van der Waals surface area contributed by atoms with E-state index in [0.29, 0.717) is 23.4 Å². The zero-order valence-corrected chi connectivity index (χ0v) is 20.9. The maximum Gasteiger partial charge on any atom is 0.326 e. The highest BCUT2D eigenvalue weighted by Gasteiger charge is 2.71. The van der Waals surface area contributed by atoms with Gasteiger partial charge in [0.1, 0.15) is 12.1 Å². The number of imide groups is 1. The summed E-state index contributed by atoms with van der Waals surface area (Å²) in [6.07, 6.45) is 0.457. The third-order valence-electron chi connectivity index (χ3n) is 7.77. The van der Waals surface area contributed by atoms with E-state index in [4.69, 9.17) is 4.74 Å². The lowest BCUT2D eigenvalue weighted by Crippen LogP contribution is -2.56. The van der Waals surface area contributed by atoms with Crippen LogP contribution in [0, 0.1) is 11.8 Å². The largest absolute Gasteiger partial charge is 0.465 e. The minimum Gasteiger partial charge on any atom is -0.465 e. The molecule has 3 aromatic carbocycles. The van der Waals surface area contributed by atoms with E-state index in [2.05, 4.69) is 5.32 Å². The molecule has 1 spiro atoms. The number of ether oxygens (including phenoxy) is 1. The average molecular weight is 510 g/mol. The first-order chi connectivity index (χ1) is 18.5. The number of carbonyl (C=O) groups is 4. The number of fused-ring (bicyclic) bond motifs is 4. The average Bonchev–Trinajstić information content (AvgIpc) is 3.49. The lowest BCUT2D eigenvalue weighted by molar-refractivity contribution is -0.142. The van der Waals surface area contributed by atoms with E-state index in [1.54, 1.807) is 55.5 Å².